The molecule has 0 spiro atoms. The van der Waals surface area contributed by atoms with Gasteiger partial charge in [-0.05, 0) is 68.7 Å². The monoisotopic (exact) mass is 633 g/mol. The third kappa shape index (κ3) is 7.96. The molecular formula is C31H37Cl2N3O5S. The maximum atomic E-state index is 14.2. The van der Waals surface area contributed by atoms with E-state index in [1.165, 1.54) is 29.2 Å². The number of carbonyl (C=O) groups excluding carboxylic acids is 2. The molecule has 226 valence electrons. The van der Waals surface area contributed by atoms with Crippen LogP contribution in [0.4, 0.5) is 5.69 Å². The number of sulfonamides is 1. The molecule has 0 aliphatic rings. The van der Waals surface area contributed by atoms with E-state index in [2.05, 4.69) is 5.32 Å². The summed E-state index contributed by atoms with van der Waals surface area (Å²) in [6, 6.07) is 17.1. The zero-order chi connectivity index (χ0) is 31.0. The van der Waals surface area contributed by atoms with Crippen LogP contribution in [0.2, 0.25) is 10.0 Å². The highest BCUT2D eigenvalue weighted by Gasteiger charge is 2.35. The van der Waals surface area contributed by atoms with Crippen molar-refractivity contribution in [2.24, 2.45) is 0 Å². The first-order valence-corrected chi connectivity index (χ1v) is 15.9. The summed E-state index contributed by atoms with van der Waals surface area (Å²) in [5.41, 5.74) is 1.67. The van der Waals surface area contributed by atoms with Gasteiger partial charge in [0.25, 0.3) is 10.0 Å². The predicted molar refractivity (Wildman–Crippen MR) is 168 cm³/mol. The minimum absolute atomic E-state index is 0.00841. The van der Waals surface area contributed by atoms with Crippen LogP contribution in [-0.4, -0.2) is 50.9 Å². The summed E-state index contributed by atoms with van der Waals surface area (Å²) < 4.78 is 34.2. The Morgan fingerprint density at radius 3 is 2.17 bits per heavy atom. The van der Waals surface area contributed by atoms with Gasteiger partial charge in [-0.2, -0.15) is 0 Å². The smallest absolute Gasteiger partial charge is 0.264 e. The lowest BCUT2D eigenvalue weighted by molar-refractivity contribution is -0.140. The Bertz CT molecular complexity index is 1480. The highest BCUT2D eigenvalue weighted by molar-refractivity contribution is 7.92. The zero-order valence-electron chi connectivity index (χ0n) is 24.4. The second kappa shape index (κ2) is 14.8. The highest BCUT2D eigenvalue weighted by Crippen LogP contribution is 2.35. The Balaban J connectivity index is 2.09. The number of carbonyl (C=O) groups is 2. The van der Waals surface area contributed by atoms with Crippen molar-refractivity contribution < 1.29 is 22.7 Å². The molecule has 0 radical (unpaired) electrons. The average molecular weight is 635 g/mol. The third-order valence-electron chi connectivity index (χ3n) is 6.99. The number of nitrogens with zero attached hydrogens (tertiary/aromatic N) is 2. The topological polar surface area (TPSA) is 96.0 Å². The number of hydrogen-bond acceptors (Lipinski definition) is 5. The van der Waals surface area contributed by atoms with Gasteiger partial charge in [-0.15, -0.1) is 0 Å². The van der Waals surface area contributed by atoms with Crippen molar-refractivity contribution in [3.05, 3.63) is 87.9 Å². The van der Waals surface area contributed by atoms with Gasteiger partial charge >= 0.3 is 0 Å². The molecule has 0 aromatic heterocycles. The van der Waals surface area contributed by atoms with Crippen LogP contribution in [-0.2, 0) is 26.2 Å². The summed E-state index contributed by atoms with van der Waals surface area (Å²) in [5.74, 6) is -0.254. The number of anilines is 1. The lowest BCUT2D eigenvalue weighted by Gasteiger charge is -2.34. The molecule has 0 saturated carbocycles. The molecule has 2 amide bonds. The van der Waals surface area contributed by atoms with Crippen LogP contribution in [0.15, 0.2) is 71.6 Å². The molecule has 3 aromatic carbocycles. The van der Waals surface area contributed by atoms with E-state index in [1.807, 2.05) is 27.7 Å². The first kappa shape index (κ1) is 33.2. The SMILES string of the molecule is CCC(C)NC(=O)C(CC)N(Cc1ccc(OC)cc1)C(=O)CN(c1cccc(Cl)c1Cl)S(=O)(=O)c1ccc(C)cc1. The largest absolute Gasteiger partial charge is 0.497 e. The van der Waals surface area contributed by atoms with E-state index in [9.17, 15) is 18.0 Å². The summed E-state index contributed by atoms with van der Waals surface area (Å²) >= 11 is 12.8. The molecule has 1 N–H and O–H groups in total. The van der Waals surface area contributed by atoms with Crippen molar-refractivity contribution in [1.82, 2.24) is 10.2 Å². The minimum atomic E-state index is -4.27. The van der Waals surface area contributed by atoms with Crippen molar-refractivity contribution in [3.8, 4) is 5.75 Å². The Morgan fingerprint density at radius 2 is 1.60 bits per heavy atom. The molecule has 0 aliphatic carbocycles. The van der Waals surface area contributed by atoms with E-state index in [-0.39, 0.29) is 39.1 Å². The third-order valence-corrected chi connectivity index (χ3v) is 9.57. The first-order chi connectivity index (χ1) is 19.9. The molecule has 0 fully saturated rings. The lowest BCUT2D eigenvalue weighted by Crippen LogP contribution is -2.53. The van der Waals surface area contributed by atoms with Crippen molar-refractivity contribution in [2.75, 3.05) is 18.0 Å². The van der Waals surface area contributed by atoms with Gasteiger partial charge in [0.05, 0.1) is 27.7 Å². The maximum Gasteiger partial charge on any atom is 0.264 e. The molecular weight excluding hydrogens is 597 g/mol. The van der Waals surface area contributed by atoms with Gasteiger partial charge in [-0.3, -0.25) is 13.9 Å². The summed E-state index contributed by atoms with van der Waals surface area (Å²) in [5, 5.41) is 3.09. The zero-order valence-corrected chi connectivity index (χ0v) is 26.8. The Morgan fingerprint density at radius 1 is 0.952 bits per heavy atom. The van der Waals surface area contributed by atoms with E-state index >= 15 is 0 Å². The minimum Gasteiger partial charge on any atom is -0.497 e. The number of ether oxygens (including phenoxy) is 1. The fourth-order valence-corrected chi connectivity index (χ4v) is 6.20. The Hall–Kier alpha value is -3.27. The van der Waals surface area contributed by atoms with E-state index in [1.54, 1.807) is 49.6 Å². The molecule has 0 saturated heterocycles. The van der Waals surface area contributed by atoms with Crippen LogP contribution < -0.4 is 14.4 Å². The van der Waals surface area contributed by atoms with Crippen molar-refractivity contribution in [2.45, 2.75) is 64.1 Å². The number of methoxy groups -OCH3 is 1. The van der Waals surface area contributed by atoms with Crippen molar-refractivity contribution in [3.63, 3.8) is 0 Å². The fraction of sp³-hybridized carbons (Fsp3) is 0.355. The molecule has 3 aromatic rings. The van der Waals surface area contributed by atoms with Gasteiger partial charge in [0.1, 0.15) is 18.3 Å². The molecule has 2 unspecified atom stereocenters. The maximum absolute atomic E-state index is 14.2. The predicted octanol–water partition coefficient (Wildman–Crippen LogP) is 6.23. The van der Waals surface area contributed by atoms with Gasteiger partial charge in [0.15, 0.2) is 0 Å². The lowest BCUT2D eigenvalue weighted by atomic mass is 10.1. The Kier molecular flexibility index (Phi) is 11.7. The van der Waals surface area contributed by atoms with E-state index < -0.39 is 28.5 Å². The molecule has 3 rings (SSSR count). The normalized spacial score (nSPS) is 12.7. The van der Waals surface area contributed by atoms with E-state index in [0.29, 0.717) is 18.6 Å². The van der Waals surface area contributed by atoms with Crippen LogP contribution >= 0.6 is 23.2 Å². The quantitative estimate of drug-likeness (QED) is 0.241. The standard InChI is InChI=1S/C31H37Cl2N3O5S/c1-6-22(4)34-31(38)27(7-2)35(19-23-13-15-24(41-5)16-14-23)29(37)20-36(28-10-8-9-26(32)30(28)33)42(39,40)25-17-11-21(3)12-18-25/h8-18,22,27H,6-7,19-20H2,1-5H3,(H,34,38). The van der Waals surface area contributed by atoms with Crippen LogP contribution in [0, 0.1) is 6.92 Å². The van der Waals surface area contributed by atoms with Crippen molar-refractivity contribution >= 4 is 50.7 Å². The summed E-state index contributed by atoms with van der Waals surface area (Å²) in [4.78, 5) is 29.0. The molecule has 0 aliphatic heterocycles. The van der Waals surface area contributed by atoms with Gasteiger partial charge in [-0.25, -0.2) is 8.42 Å². The van der Waals surface area contributed by atoms with Crippen LogP contribution in [0.1, 0.15) is 44.7 Å². The van der Waals surface area contributed by atoms with Gasteiger partial charge in [0.2, 0.25) is 11.8 Å². The van der Waals surface area contributed by atoms with Crippen molar-refractivity contribution in [1.29, 1.82) is 0 Å². The summed E-state index contributed by atoms with van der Waals surface area (Å²) in [6.45, 7) is 6.95. The number of hydrogen-bond donors (Lipinski definition) is 1. The number of amides is 2. The fourth-order valence-electron chi connectivity index (χ4n) is 4.32. The van der Waals surface area contributed by atoms with E-state index in [4.69, 9.17) is 27.9 Å². The first-order valence-electron chi connectivity index (χ1n) is 13.7. The number of nitrogens with one attached hydrogen (secondary N) is 1. The summed E-state index contributed by atoms with van der Waals surface area (Å²) in [6.07, 6.45) is 1.03. The van der Waals surface area contributed by atoms with Crippen LogP contribution in [0.3, 0.4) is 0 Å². The van der Waals surface area contributed by atoms with Gasteiger partial charge < -0.3 is 15.0 Å². The van der Waals surface area contributed by atoms with E-state index in [0.717, 1.165) is 15.4 Å². The molecule has 11 heteroatoms. The van der Waals surface area contributed by atoms with Gasteiger partial charge in [-0.1, -0.05) is 72.9 Å². The van der Waals surface area contributed by atoms with Gasteiger partial charge in [0, 0.05) is 12.6 Å². The molecule has 42 heavy (non-hydrogen) atoms. The Labute approximate surface area is 258 Å². The molecule has 0 bridgehead atoms. The number of aryl methyl sites for hydroxylation is 1. The highest BCUT2D eigenvalue weighted by atomic mass is 35.5. The van der Waals surface area contributed by atoms with Crippen LogP contribution in [0.5, 0.6) is 5.75 Å². The second-order valence-corrected chi connectivity index (χ2v) is 12.7. The average Bonchev–Trinajstić information content (AvgIpc) is 2.97. The molecule has 8 nitrogen and oxygen atoms in total. The summed E-state index contributed by atoms with van der Waals surface area (Å²) in [7, 11) is -2.71. The number of benzene rings is 3. The molecule has 2 atom stereocenters. The van der Waals surface area contributed by atoms with Crippen LogP contribution in [0.25, 0.3) is 0 Å². The number of halogens is 2. The second-order valence-electron chi connectivity index (χ2n) is 10.0. The number of rotatable bonds is 13. The molecule has 0 heterocycles.